The van der Waals surface area contributed by atoms with Crippen molar-refractivity contribution in [2.24, 2.45) is 5.92 Å². The van der Waals surface area contributed by atoms with E-state index in [9.17, 15) is 22.8 Å². The molecule has 1 aromatic heterocycles. The Hall–Kier alpha value is -3.57. The number of rotatable bonds is 3. The first-order chi connectivity index (χ1) is 17.8. The number of carbonyl (C=O) groups is 2. The summed E-state index contributed by atoms with van der Waals surface area (Å²) in [7, 11) is 0. The average molecular weight is 519 g/mol. The molecule has 2 fully saturated rings. The van der Waals surface area contributed by atoms with E-state index in [-0.39, 0.29) is 25.0 Å². The summed E-state index contributed by atoms with van der Waals surface area (Å²) in [6, 6.07) is 5.30. The lowest BCUT2D eigenvalue weighted by Crippen LogP contribution is -2.63. The molecule has 3 aliphatic heterocycles. The zero-order chi connectivity index (χ0) is 26.2. The summed E-state index contributed by atoms with van der Waals surface area (Å²) in [5.41, 5.74) is 0.553. The van der Waals surface area contributed by atoms with E-state index in [4.69, 9.17) is 4.74 Å². The molecule has 12 heteroatoms. The highest BCUT2D eigenvalue weighted by Gasteiger charge is 2.44. The summed E-state index contributed by atoms with van der Waals surface area (Å²) in [4.78, 5) is 42.0. The Morgan fingerprint density at radius 2 is 1.73 bits per heavy atom. The number of amides is 2. The number of halogens is 3. The number of benzene rings is 1. The number of alkyl halides is 3. The van der Waals surface area contributed by atoms with Crippen molar-refractivity contribution in [1.82, 2.24) is 19.8 Å². The van der Waals surface area contributed by atoms with Gasteiger partial charge in [-0.2, -0.15) is 13.2 Å². The van der Waals surface area contributed by atoms with Crippen molar-refractivity contribution in [1.29, 1.82) is 0 Å². The highest BCUT2D eigenvalue weighted by Crippen LogP contribution is 2.40. The molecule has 2 atom stereocenters. The molecule has 0 spiro atoms. The van der Waals surface area contributed by atoms with Crippen LogP contribution in [0.3, 0.4) is 0 Å². The van der Waals surface area contributed by atoms with Gasteiger partial charge in [-0.3, -0.25) is 4.79 Å². The number of ether oxygens (including phenoxy) is 1. The Morgan fingerprint density at radius 1 is 1.03 bits per heavy atom. The number of nitrogens with zero attached hydrogens (tertiary/aromatic N) is 6. The van der Waals surface area contributed by atoms with Gasteiger partial charge in [-0.15, -0.1) is 0 Å². The smallest absolute Gasteiger partial charge is 0.416 e. The van der Waals surface area contributed by atoms with Crippen LogP contribution in [0.4, 0.5) is 29.6 Å². The van der Waals surface area contributed by atoms with Crippen LogP contribution in [0.15, 0.2) is 36.7 Å². The fraction of sp³-hybridized carbons (Fsp3) is 0.520. The SMILES string of the molecule is CCOC(=O)N1CCN(C(=O)C2Cc3cc(C(F)(F)F)ccc3N3CCN(c4ncccn4)CC23)CC1. The first-order valence-corrected chi connectivity index (χ1v) is 12.5. The second kappa shape index (κ2) is 10.1. The van der Waals surface area contributed by atoms with Crippen molar-refractivity contribution in [3.8, 4) is 0 Å². The predicted molar refractivity (Wildman–Crippen MR) is 129 cm³/mol. The van der Waals surface area contributed by atoms with E-state index in [0.29, 0.717) is 57.3 Å². The largest absolute Gasteiger partial charge is 0.450 e. The summed E-state index contributed by atoms with van der Waals surface area (Å²) in [6.07, 6.45) is -1.33. The van der Waals surface area contributed by atoms with Gasteiger partial charge in [0.15, 0.2) is 0 Å². The molecule has 0 bridgehead atoms. The Morgan fingerprint density at radius 3 is 2.41 bits per heavy atom. The summed E-state index contributed by atoms with van der Waals surface area (Å²) < 4.78 is 45.5. The molecule has 4 heterocycles. The van der Waals surface area contributed by atoms with Gasteiger partial charge in [0.2, 0.25) is 11.9 Å². The number of hydrogen-bond acceptors (Lipinski definition) is 7. The summed E-state index contributed by atoms with van der Waals surface area (Å²) in [5.74, 6) is -0.0938. The second-order valence-corrected chi connectivity index (χ2v) is 9.42. The zero-order valence-electron chi connectivity index (χ0n) is 20.5. The van der Waals surface area contributed by atoms with Gasteiger partial charge in [0.05, 0.1) is 24.1 Å². The number of aromatic nitrogens is 2. The van der Waals surface area contributed by atoms with Gasteiger partial charge < -0.3 is 24.3 Å². The molecule has 198 valence electrons. The zero-order valence-corrected chi connectivity index (χ0v) is 20.5. The standard InChI is InChI=1S/C25H29F3N6O3/c1-2-37-24(36)32-10-8-31(9-11-32)22(35)19-15-17-14-18(25(26,27)28)4-5-20(17)34-13-12-33(16-21(19)34)23-29-6-3-7-30-23/h3-7,14,19,21H,2,8-13,15-16H2,1H3. The van der Waals surface area contributed by atoms with Crippen molar-refractivity contribution >= 4 is 23.6 Å². The third kappa shape index (κ3) is 5.01. The van der Waals surface area contributed by atoms with Crippen LogP contribution in [-0.4, -0.2) is 90.2 Å². The molecule has 37 heavy (non-hydrogen) atoms. The number of carbonyl (C=O) groups excluding carboxylic acids is 2. The van der Waals surface area contributed by atoms with Crippen LogP contribution in [0.25, 0.3) is 0 Å². The molecule has 0 aliphatic carbocycles. The molecule has 2 aromatic rings. The van der Waals surface area contributed by atoms with Gasteiger partial charge in [-0.25, -0.2) is 14.8 Å². The topological polar surface area (TPSA) is 82.1 Å². The van der Waals surface area contributed by atoms with E-state index in [0.717, 1.165) is 11.8 Å². The minimum absolute atomic E-state index is 0.114. The summed E-state index contributed by atoms with van der Waals surface area (Å²) >= 11 is 0. The lowest BCUT2D eigenvalue weighted by molar-refractivity contribution is -0.138. The molecule has 2 saturated heterocycles. The van der Waals surface area contributed by atoms with Crippen LogP contribution < -0.4 is 9.80 Å². The lowest BCUT2D eigenvalue weighted by Gasteiger charge is -2.50. The minimum Gasteiger partial charge on any atom is -0.450 e. The first kappa shape index (κ1) is 25.1. The predicted octanol–water partition coefficient (Wildman–Crippen LogP) is 2.66. The second-order valence-electron chi connectivity index (χ2n) is 9.42. The maximum absolute atomic E-state index is 13.8. The van der Waals surface area contributed by atoms with Crippen molar-refractivity contribution in [3.05, 3.63) is 47.8 Å². The van der Waals surface area contributed by atoms with Gasteiger partial charge in [-0.05, 0) is 43.2 Å². The van der Waals surface area contributed by atoms with Crippen LogP contribution in [0.1, 0.15) is 18.1 Å². The minimum atomic E-state index is -4.46. The fourth-order valence-corrected chi connectivity index (χ4v) is 5.48. The van der Waals surface area contributed by atoms with Crippen LogP contribution in [0.5, 0.6) is 0 Å². The third-order valence-electron chi connectivity index (χ3n) is 7.31. The number of hydrogen-bond donors (Lipinski definition) is 0. The lowest BCUT2D eigenvalue weighted by atomic mass is 9.82. The number of piperazine rings is 2. The molecule has 3 aliphatic rings. The van der Waals surface area contributed by atoms with E-state index >= 15 is 0 Å². The van der Waals surface area contributed by atoms with Crippen LogP contribution in [0.2, 0.25) is 0 Å². The monoisotopic (exact) mass is 518 g/mol. The molecular weight excluding hydrogens is 489 g/mol. The first-order valence-electron chi connectivity index (χ1n) is 12.5. The third-order valence-corrected chi connectivity index (χ3v) is 7.31. The normalized spacial score (nSPS) is 21.8. The highest BCUT2D eigenvalue weighted by atomic mass is 19.4. The average Bonchev–Trinajstić information content (AvgIpc) is 2.91. The molecule has 0 N–H and O–H groups in total. The molecule has 1 aromatic carbocycles. The summed E-state index contributed by atoms with van der Waals surface area (Å²) in [5, 5.41) is 0. The van der Waals surface area contributed by atoms with E-state index in [1.54, 1.807) is 35.2 Å². The molecular formula is C25H29F3N6O3. The number of fused-ring (bicyclic) bond motifs is 3. The van der Waals surface area contributed by atoms with Gasteiger partial charge in [0.25, 0.3) is 0 Å². The molecule has 9 nitrogen and oxygen atoms in total. The van der Waals surface area contributed by atoms with Gasteiger partial charge in [-0.1, -0.05) is 0 Å². The molecule has 2 amide bonds. The van der Waals surface area contributed by atoms with Gasteiger partial charge in [0, 0.05) is 63.9 Å². The van der Waals surface area contributed by atoms with Gasteiger partial charge in [0.1, 0.15) is 0 Å². The molecule has 0 radical (unpaired) electrons. The van der Waals surface area contributed by atoms with Crippen LogP contribution in [0, 0.1) is 5.92 Å². The van der Waals surface area contributed by atoms with Crippen molar-refractivity contribution < 1.29 is 27.5 Å². The molecule has 2 unspecified atom stereocenters. The van der Waals surface area contributed by atoms with Crippen molar-refractivity contribution in [2.75, 3.05) is 62.2 Å². The summed E-state index contributed by atoms with van der Waals surface area (Å²) in [6.45, 7) is 5.01. The highest BCUT2D eigenvalue weighted by molar-refractivity contribution is 5.83. The van der Waals surface area contributed by atoms with E-state index < -0.39 is 23.8 Å². The molecule has 5 rings (SSSR count). The maximum Gasteiger partial charge on any atom is 0.416 e. The molecule has 0 saturated carbocycles. The van der Waals surface area contributed by atoms with E-state index in [2.05, 4.69) is 14.9 Å². The van der Waals surface area contributed by atoms with Crippen molar-refractivity contribution in [3.63, 3.8) is 0 Å². The fourth-order valence-electron chi connectivity index (χ4n) is 5.48. The van der Waals surface area contributed by atoms with Crippen LogP contribution in [-0.2, 0) is 22.1 Å². The maximum atomic E-state index is 13.8. The van der Waals surface area contributed by atoms with Crippen molar-refractivity contribution in [2.45, 2.75) is 25.6 Å². The van der Waals surface area contributed by atoms with E-state index in [1.807, 2.05) is 4.90 Å². The quantitative estimate of drug-likeness (QED) is 0.618. The van der Waals surface area contributed by atoms with Gasteiger partial charge >= 0.3 is 12.3 Å². The Bertz CT molecular complexity index is 1140. The Balaban J connectivity index is 1.41. The Kier molecular flexibility index (Phi) is 6.82. The van der Waals surface area contributed by atoms with Crippen LogP contribution >= 0.6 is 0 Å². The Labute approximate surface area is 212 Å². The van der Waals surface area contributed by atoms with E-state index in [1.165, 1.54) is 12.1 Å². The number of anilines is 2.